The van der Waals surface area contributed by atoms with Crippen molar-refractivity contribution in [3.05, 3.63) is 0 Å². The predicted molar refractivity (Wildman–Crippen MR) is 67.1 cm³/mol. The molecule has 0 saturated carbocycles. The van der Waals surface area contributed by atoms with Gasteiger partial charge in [0, 0.05) is 6.54 Å². The summed E-state index contributed by atoms with van der Waals surface area (Å²) in [7, 11) is 0. The van der Waals surface area contributed by atoms with E-state index in [1.165, 1.54) is 0 Å². The number of hydrogen-bond acceptors (Lipinski definition) is 3. The van der Waals surface area contributed by atoms with E-state index < -0.39 is 11.4 Å². The summed E-state index contributed by atoms with van der Waals surface area (Å²) in [5.41, 5.74) is -0.951. The Morgan fingerprint density at radius 2 is 1.78 bits per heavy atom. The zero-order chi connectivity index (χ0) is 14.1. The highest BCUT2D eigenvalue weighted by Crippen LogP contribution is 2.32. The van der Waals surface area contributed by atoms with Crippen molar-refractivity contribution in [1.82, 2.24) is 5.32 Å². The summed E-state index contributed by atoms with van der Waals surface area (Å²) in [5, 5.41) is 11.7. The summed E-state index contributed by atoms with van der Waals surface area (Å²) in [4.78, 5) is 23.1. The Labute approximate surface area is 108 Å². The van der Waals surface area contributed by atoms with Crippen LogP contribution in [0.1, 0.15) is 34.6 Å². The van der Waals surface area contributed by atoms with Crippen molar-refractivity contribution in [3.8, 4) is 0 Å². The van der Waals surface area contributed by atoms with E-state index in [1.807, 2.05) is 20.8 Å². The smallest absolute Gasteiger partial charge is 0.310 e. The molecular formula is C13H23NO4. The van der Waals surface area contributed by atoms with Crippen molar-refractivity contribution in [3.63, 3.8) is 0 Å². The van der Waals surface area contributed by atoms with Gasteiger partial charge in [-0.1, -0.05) is 6.92 Å². The molecule has 1 aliphatic rings. The van der Waals surface area contributed by atoms with Crippen molar-refractivity contribution < 1.29 is 19.4 Å². The minimum atomic E-state index is -0.951. The summed E-state index contributed by atoms with van der Waals surface area (Å²) < 4.78 is 5.61. The van der Waals surface area contributed by atoms with E-state index in [1.54, 1.807) is 13.8 Å². The predicted octanol–water partition coefficient (Wildman–Crippen LogP) is 1.27. The van der Waals surface area contributed by atoms with Crippen LogP contribution in [0.25, 0.3) is 0 Å². The monoisotopic (exact) mass is 257 g/mol. The zero-order valence-electron chi connectivity index (χ0n) is 11.7. The Hall–Kier alpha value is -1.10. The van der Waals surface area contributed by atoms with Crippen molar-refractivity contribution in [1.29, 1.82) is 0 Å². The number of carbonyl (C=O) groups excluding carboxylic acids is 1. The molecule has 5 heteroatoms. The fourth-order valence-electron chi connectivity index (χ4n) is 2.22. The third-order valence-corrected chi connectivity index (χ3v) is 3.83. The van der Waals surface area contributed by atoms with Gasteiger partial charge in [0.2, 0.25) is 5.91 Å². The maximum Gasteiger partial charge on any atom is 0.310 e. The minimum absolute atomic E-state index is 0.0585. The minimum Gasteiger partial charge on any atom is -0.481 e. The average Bonchev–Trinajstić information content (AvgIpc) is 2.50. The van der Waals surface area contributed by atoms with E-state index in [9.17, 15) is 9.59 Å². The second kappa shape index (κ2) is 5.26. The molecule has 2 N–H and O–H groups in total. The number of carbonyl (C=O) groups is 2. The molecule has 1 amide bonds. The molecule has 18 heavy (non-hydrogen) atoms. The van der Waals surface area contributed by atoms with Crippen LogP contribution in [0, 0.1) is 17.3 Å². The maximum absolute atomic E-state index is 12.1. The molecule has 1 saturated heterocycles. The average molecular weight is 257 g/mol. The van der Waals surface area contributed by atoms with Gasteiger partial charge < -0.3 is 15.2 Å². The van der Waals surface area contributed by atoms with E-state index in [4.69, 9.17) is 9.84 Å². The summed E-state index contributed by atoms with van der Waals surface area (Å²) >= 11 is 0. The number of carboxylic acid groups (broad SMARTS) is 1. The lowest BCUT2D eigenvalue weighted by atomic mass is 9.88. The number of amides is 1. The van der Waals surface area contributed by atoms with Gasteiger partial charge in [0.15, 0.2) is 0 Å². The summed E-state index contributed by atoms with van der Waals surface area (Å²) in [6, 6.07) is 0. The molecule has 1 aliphatic heterocycles. The lowest BCUT2D eigenvalue weighted by Crippen LogP contribution is -2.44. The van der Waals surface area contributed by atoms with E-state index in [0.29, 0.717) is 0 Å². The lowest BCUT2D eigenvalue weighted by Gasteiger charge is -2.23. The molecule has 0 aromatic carbocycles. The third kappa shape index (κ3) is 3.02. The number of ether oxygens (including phenoxy) is 1. The molecule has 0 aromatic rings. The standard InChI is InChI=1S/C13H23NO4/c1-7-8(2)18-9(3)10(7)11(15)14-6-13(4,5)12(16)17/h7-10H,6H2,1-5H3,(H,14,15)(H,16,17). The number of nitrogens with one attached hydrogen (secondary N) is 1. The van der Waals surface area contributed by atoms with Crippen LogP contribution in [0.4, 0.5) is 0 Å². The second-order valence-corrected chi connectivity index (χ2v) is 5.84. The first kappa shape index (κ1) is 15.0. The molecule has 0 radical (unpaired) electrons. The van der Waals surface area contributed by atoms with Crippen molar-refractivity contribution in [2.24, 2.45) is 17.3 Å². The van der Waals surface area contributed by atoms with Crippen LogP contribution < -0.4 is 5.32 Å². The molecule has 0 aliphatic carbocycles. The SMILES string of the molecule is CC1OC(C)C(C(=O)NCC(C)(C)C(=O)O)C1C. The molecule has 4 unspecified atom stereocenters. The van der Waals surface area contributed by atoms with Gasteiger partial charge in [0.1, 0.15) is 0 Å². The molecule has 1 rings (SSSR count). The number of aliphatic carboxylic acids is 1. The molecule has 104 valence electrons. The largest absolute Gasteiger partial charge is 0.481 e. The quantitative estimate of drug-likeness (QED) is 0.795. The molecule has 1 fully saturated rings. The van der Waals surface area contributed by atoms with E-state index in [-0.39, 0.29) is 36.5 Å². The summed E-state index contributed by atoms with van der Waals surface area (Å²) in [6.07, 6.45) is -0.0637. The third-order valence-electron chi connectivity index (χ3n) is 3.83. The molecule has 0 aromatic heterocycles. The van der Waals surface area contributed by atoms with Gasteiger partial charge in [-0.2, -0.15) is 0 Å². The fourth-order valence-corrected chi connectivity index (χ4v) is 2.22. The van der Waals surface area contributed by atoms with Gasteiger partial charge in [-0.05, 0) is 33.6 Å². The first-order chi connectivity index (χ1) is 8.16. The molecular weight excluding hydrogens is 234 g/mol. The zero-order valence-corrected chi connectivity index (χ0v) is 11.7. The number of hydrogen-bond donors (Lipinski definition) is 2. The first-order valence-electron chi connectivity index (χ1n) is 6.33. The van der Waals surface area contributed by atoms with Crippen molar-refractivity contribution in [2.45, 2.75) is 46.8 Å². The molecule has 5 nitrogen and oxygen atoms in total. The van der Waals surface area contributed by atoms with E-state index >= 15 is 0 Å². The Morgan fingerprint density at radius 1 is 1.22 bits per heavy atom. The molecule has 1 heterocycles. The Morgan fingerprint density at radius 3 is 2.17 bits per heavy atom. The fraction of sp³-hybridized carbons (Fsp3) is 0.846. The van der Waals surface area contributed by atoms with Crippen LogP contribution in [0.3, 0.4) is 0 Å². The normalized spacial score (nSPS) is 32.3. The second-order valence-electron chi connectivity index (χ2n) is 5.84. The van der Waals surface area contributed by atoms with Crippen LogP contribution in [-0.4, -0.2) is 35.7 Å². The van der Waals surface area contributed by atoms with Crippen LogP contribution in [0.5, 0.6) is 0 Å². The maximum atomic E-state index is 12.1. The highest BCUT2D eigenvalue weighted by Gasteiger charge is 2.42. The lowest BCUT2D eigenvalue weighted by molar-refractivity contribution is -0.147. The number of carboxylic acids is 1. The van der Waals surface area contributed by atoms with Gasteiger partial charge in [-0.25, -0.2) is 0 Å². The van der Waals surface area contributed by atoms with Gasteiger partial charge in [0.25, 0.3) is 0 Å². The Balaban J connectivity index is 2.59. The summed E-state index contributed by atoms with van der Waals surface area (Å²) in [5.74, 6) is -1.09. The first-order valence-corrected chi connectivity index (χ1v) is 6.33. The Bertz CT molecular complexity index is 340. The topological polar surface area (TPSA) is 75.6 Å². The summed E-state index contributed by atoms with van der Waals surface area (Å²) in [6.45, 7) is 9.14. The van der Waals surface area contributed by atoms with Crippen LogP contribution in [0.2, 0.25) is 0 Å². The van der Waals surface area contributed by atoms with Crippen LogP contribution >= 0.6 is 0 Å². The highest BCUT2D eigenvalue weighted by atomic mass is 16.5. The van der Waals surface area contributed by atoms with E-state index in [0.717, 1.165) is 0 Å². The molecule has 4 atom stereocenters. The highest BCUT2D eigenvalue weighted by molar-refractivity contribution is 5.81. The van der Waals surface area contributed by atoms with Crippen LogP contribution in [-0.2, 0) is 14.3 Å². The van der Waals surface area contributed by atoms with Gasteiger partial charge in [0.05, 0.1) is 23.5 Å². The Kier molecular flexibility index (Phi) is 4.37. The van der Waals surface area contributed by atoms with Gasteiger partial charge in [-0.15, -0.1) is 0 Å². The van der Waals surface area contributed by atoms with E-state index in [2.05, 4.69) is 5.32 Å². The van der Waals surface area contributed by atoms with Crippen molar-refractivity contribution in [2.75, 3.05) is 6.54 Å². The van der Waals surface area contributed by atoms with Gasteiger partial charge >= 0.3 is 5.97 Å². The molecule has 0 bridgehead atoms. The van der Waals surface area contributed by atoms with Gasteiger partial charge in [-0.3, -0.25) is 9.59 Å². The number of rotatable bonds is 4. The van der Waals surface area contributed by atoms with Crippen LogP contribution in [0.15, 0.2) is 0 Å². The molecule has 0 spiro atoms. The van der Waals surface area contributed by atoms with Crippen molar-refractivity contribution >= 4 is 11.9 Å².